The van der Waals surface area contributed by atoms with E-state index >= 15 is 0 Å². The first-order valence-electron chi connectivity index (χ1n) is 8.18. The molecule has 0 spiro atoms. The summed E-state index contributed by atoms with van der Waals surface area (Å²) in [6.45, 7) is 0. The van der Waals surface area contributed by atoms with E-state index in [0.29, 0.717) is 17.0 Å². The Balaban J connectivity index is 1.66. The normalized spacial score (nSPS) is 17.4. The van der Waals surface area contributed by atoms with Gasteiger partial charge in [-0.05, 0) is 36.1 Å². The molecule has 0 bridgehead atoms. The lowest BCUT2D eigenvalue weighted by Crippen LogP contribution is -2.23. The first kappa shape index (κ1) is 16.4. The van der Waals surface area contributed by atoms with Crippen molar-refractivity contribution in [1.29, 1.82) is 5.26 Å². The first-order chi connectivity index (χ1) is 13.2. The Hall–Kier alpha value is -4.04. The van der Waals surface area contributed by atoms with E-state index in [1.807, 2.05) is 24.3 Å². The minimum absolute atomic E-state index is 0.0481. The third kappa shape index (κ3) is 3.37. The Morgan fingerprint density at radius 1 is 1.22 bits per heavy atom. The largest absolute Gasteiger partial charge is 0.325 e. The van der Waals surface area contributed by atoms with Gasteiger partial charge >= 0.3 is 5.69 Å². The summed E-state index contributed by atoms with van der Waals surface area (Å²) in [5, 5.41) is 17.2. The number of nitrogens with zero attached hydrogens (tertiary/aromatic N) is 4. The Morgan fingerprint density at radius 2 is 2.11 bits per heavy atom. The highest BCUT2D eigenvalue weighted by Gasteiger charge is 2.39. The summed E-state index contributed by atoms with van der Waals surface area (Å²) in [6, 6.07) is 9.23. The Labute approximate surface area is 153 Å². The number of hydrogen-bond donors (Lipinski definition) is 2. The van der Waals surface area contributed by atoms with Gasteiger partial charge in [0.1, 0.15) is 17.5 Å². The van der Waals surface area contributed by atoms with E-state index in [0.717, 1.165) is 6.42 Å². The molecule has 2 N–H and O–H groups in total. The molecule has 8 heteroatoms. The van der Waals surface area contributed by atoms with Gasteiger partial charge in [0, 0.05) is 24.2 Å². The fourth-order valence-corrected chi connectivity index (χ4v) is 2.81. The molecule has 0 unspecified atom stereocenters. The van der Waals surface area contributed by atoms with Crippen molar-refractivity contribution in [3.63, 3.8) is 0 Å². The summed E-state index contributed by atoms with van der Waals surface area (Å²) in [5.41, 5.74) is 0.926. The molecule has 8 nitrogen and oxygen atoms in total. The van der Waals surface area contributed by atoms with Gasteiger partial charge in [-0.1, -0.05) is 12.0 Å². The number of aromatic amines is 2. The predicted octanol–water partition coefficient (Wildman–Crippen LogP) is 0.942. The molecule has 130 valence electrons. The van der Waals surface area contributed by atoms with Crippen LogP contribution in [0.1, 0.15) is 29.3 Å². The lowest BCUT2D eigenvalue weighted by Gasteiger charge is -2.04. The van der Waals surface area contributed by atoms with Crippen molar-refractivity contribution in [3.8, 4) is 29.2 Å². The molecule has 3 heterocycles. The van der Waals surface area contributed by atoms with E-state index in [1.165, 1.54) is 6.20 Å². The quantitative estimate of drug-likeness (QED) is 0.658. The highest BCUT2D eigenvalue weighted by molar-refractivity contribution is 5.59. The van der Waals surface area contributed by atoms with Crippen molar-refractivity contribution >= 4 is 0 Å². The van der Waals surface area contributed by atoms with Crippen LogP contribution in [-0.2, 0) is 0 Å². The summed E-state index contributed by atoms with van der Waals surface area (Å²) in [6.07, 6.45) is 3.76. The smallest absolute Gasteiger partial charge is 0.313 e. The maximum Gasteiger partial charge on any atom is 0.325 e. The van der Waals surface area contributed by atoms with Crippen LogP contribution in [0.2, 0.25) is 0 Å². The monoisotopic (exact) mass is 356 g/mol. The minimum atomic E-state index is -0.599. The summed E-state index contributed by atoms with van der Waals surface area (Å²) in [7, 11) is 0. The molecule has 0 amide bonds. The predicted molar refractivity (Wildman–Crippen MR) is 95.4 cm³/mol. The second-order valence-corrected chi connectivity index (χ2v) is 6.06. The zero-order chi connectivity index (χ0) is 18.8. The van der Waals surface area contributed by atoms with Gasteiger partial charge in [0.05, 0.1) is 5.56 Å². The van der Waals surface area contributed by atoms with E-state index < -0.39 is 11.2 Å². The van der Waals surface area contributed by atoms with Crippen LogP contribution in [0.4, 0.5) is 0 Å². The van der Waals surface area contributed by atoms with Crippen molar-refractivity contribution in [2.45, 2.75) is 12.3 Å². The lowest BCUT2D eigenvalue weighted by molar-refractivity contribution is 0.936. The van der Waals surface area contributed by atoms with Crippen LogP contribution in [0, 0.1) is 29.1 Å². The second kappa shape index (κ2) is 6.70. The van der Waals surface area contributed by atoms with E-state index in [-0.39, 0.29) is 23.1 Å². The van der Waals surface area contributed by atoms with Gasteiger partial charge in [-0.15, -0.1) is 10.2 Å². The van der Waals surface area contributed by atoms with Crippen molar-refractivity contribution in [2.24, 2.45) is 5.92 Å². The zero-order valence-electron chi connectivity index (χ0n) is 13.9. The molecule has 3 aromatic rings. The van der Waals surface area contributed by atoms with Gasteiger partial charge in [0.25, 0.3) is 5.56 Å². The summed E-state index contributed by atoms with van der Waals surface area (Å²) >= 11 is 0. The molecule has 1 saturated carbocycles. The molecule has 0 radical (unpaired) electrons. The maximum absolute atomic E-state index is 12.0. The highest BCUT2D eigenvalue weighted by Crippen LogP contribution is 2.48. The van der Waals surface area contributed by atoms with Gasteiger partial charge in [-0.3, -0.25) is 9.78 Å². The fourth-order valence-electron chi connectivity index (χ4n) is 2.81. The third-order valence-corrected chi connectivity index (χ3v) is 4.26. The molecule has 1 aliphatic carbocycles. The van der Waals surface area contributed by atoms with Crippen LogP contribution in [0.15, 0.2) is 46.2 Å². The van der Waals surface area contributed by atoms with E-state index in [4.69, 9.17) is 0 Å². The molecule has 0 aliphatic heterocycles. The lowest BCUT2D eigenvalue weighted by atomic mass is 10.1. The standard InChI is InChI=1S/C19H12N6O2/c20-9-17-14(13-7-11(13)4-5-12-3-1-2-6-21-12)8-16(24-25-17)15-10-22-19(27)23-18(15)26/h1-3,6,8,10-11,13H,7H2,(H2,22,23,26,27)/t11-,13-/m0/s1. The number of nitrogens with one attached hydrogen (secondary N) is 2. The number of H-pyrrole nitrogens is 2. The van der Waals surface area contributed by atoms with Crippen molar-refractivity contribution in [3.05, 3.63) is 74.4 Å². The van der Waals surface area contributed by atoms with Crippen LogP contribution in [0.3, 0.4) is 0 Å². The number of hydrogen-bond acceptors (Lipinski definition) is 6. The van der Waals surface area contributed by atoms with Crippen LogP contribution < -0.4 is 11.2 Å². The van der Waals surface area contributed by atoms with E-state index in [1.54, 1.807) is 12.3 Å². The number of nitriles is 1. The molecule has 4 rings (SSSR count). The number of pyridine rings is 1. The van der Waals surface area contributed by atoms with Gasteiger partial charge in [0.2, 0.25) is 0 Å². The minimum Gasteiger partial charge on any atom is -0.313 e. The topological polar surface area (TPSA) is 128 Å². The fraction of sp³-hybridized carbons (Fsp3) is 0.158. The molecule has 0 saturated heterocycles. The SMILES string of the molecule is N#Cc1nnc(-c2c[nH]c(=O)[nH]c2=O)cc1[C@H]1C[C@@H]1C#Cc1ccccn1. The van der Waals surface area contributed by atoms with Gasteiger partial charge in [0.15, 0.2) is 5.69 Å². The highest BCUT2D eigenvalue weighted by atomic mass is 16.2. The van der Waals surface area contributed by atoms with Crippen LogP contribution in [0.5, 0.6) is 0 Å². The van der Waals surface area contributed by atoms with Crippen LogP contribution in [0.25, 0.3) is 11.3 Å². The second-order valence-electron chi connectivity index (χ2n) is 6.06. The van der Waals surface area contributed by atoms with Crippen molar-refractivity contribution in [2.75, 3.05) is 0 Å². The van der Waals surface area contributed by atoms with Gasteiger partial charge in [-0.2, -0.15) is 5.26 Å². The van der Waals surface area contributed by atoms with E-state index in [2.05, 4.69) is 37.0 Å². The Morgan fingerprint density at radius 3 is 2.85 bits per heavy atom. The van der Waals surface area contributed by atoms with Crippen LogP contribution in [-0.4, -0.2) is 25.1 Å². The Bertz CT molecular complexity index is 1230. The zero-order valence-corrected chi connectivity index (χ0v) is 13.9. The van der Waals surface area contributed by atoms with Gasteiger partial charge < -0.3 is 4.98 Å². The molecule has 1 aliphatic rings. The average molecular weight is 356 g/mol. The van der Waals surface area contributed by atoms with Crippen molar-refractivity contribution in [1.82, 2.24) is 25.1 Å². The number of rotatable bonds is 2. The molecule has 0 aromatic carbocycles. The first-order valence-corrected chi connectivity index (χ1v) is 8.18. The number of aromatic nitrogens is 5. The summed E-state index contributed by atoms with van der Waals surface area (Å²) in [5.74, 6) is 6.33. The summed E-state index contributed by atoms with van der Waals surface area (Å²) in [4.78, 5) is 31.9. The molecule has 27 heavy (non-hydrogen) atoms. The van der Waals surface area contributed by atoms with Gasteiger partial charge in [-0.25, -0.2) is 9.78 Å². The third-order valence-electron chi connectivity index (χ3n) is 4.26. The molecular weight excluding hydrogens is 344 g/mol. The Kier molecular flexibility index (Phi) is 4.07. The molecule has 1 fully saturated rings. The molecule has 2 atom stereocenters. The summed E-state index contributed by atoms with van der Waals surface area (Å²) < 4.78 is 0. The molecular formula is C19H12N6O2. The van der Waals surface area contributed by atoms with E-state index in [9.17, 15) is 14.9 Å². The molecule has 3 aromatic heterocycles. The van der Waals surface area contributed by atoms with Crippen LogP contribution >= 0.6 is 0 Å². The van der Waals surface area contributed by atoms with Crippen molar-refractivity contribution < 1.29 is 0 Å². The maximum atomic E-state index is 12.0. The average Bonchev–Trinajstić information content (AvgIpc) is 3.46.